The van der Waals surface area contributed by atoms with Crippen molar-refractivity contribution in [3.63, 3.8) is 0 Å². The van der Waals surface area contributed by atoms with Crippen LogP contribution < -0.4 is 11.3 Å². The average molecular weight is 251 g/mol. The summed E-state index contributed by atoms with van der Waals surface area (Å²) in [6.45, 7) is 1.84. The van der Waals surface area contributed by atoms with Gasteiger partial charge in [-0.3, -0.25) is 0 Å². The van der Waals surface area contributed by atoms with Gasteiger partial charge in [0.1, 0.15) is 11.6 Å². The Kier molecular flexibility index (Phi) is 3.12. The highest BCUT2D eigenvalue weighted by Gasteiger charge is 2.07. The van der Waals surface area contributed by atoms with Gasteiger partial charge >= 0.3 is 0 Å². The first kappa shape index (κ1) is 11.6. The van der Waals surface area contributed by atoms with Gasteiger partial charge in [0, 0.05) is 17.3 Å². The molecule has 0 saturated heterocycles. The summed E-state index contributed by atoms with van der Waals surface area (Å²) in [7, 11) is 0. The number of aromatic hydroxyl groups is 1. The lowest BCUT2D eigenvalue weighted by atomic mass is 10.2. The first-order chi connectivity index (χ1) is 8.10. The van der Waals surface area contributed by atoms with Crippen LogP contribution in [0.4, 0.5) is 5.82 Å². The highest BCUT2D eigenvalue weighted by molar-refractivity contribution is 6.32. The Bertz CT molecular complexity index is 559. The number of hydrogen-bond acceptors (Lipinski definition) is 5. The van der Waals surface area contributed by atoms with E-state index in [1.165, 1.54) is 6.07 Å². The van der Waals surface area contributed by atoms with E-state index in [-0.39, 0.29) is 10.8 Å². The van der Waals surface area contributed by atoms with E-state index < -0.39 is 0 Å². The normalized spacial score (nSPS) is 10.3. The molecule has 0 spiro atoms. The maximum Gasteiger partial charge on any atom is 0.161 e. The highest BCUT2D eigenvalue weighted by Crippen LogP contribution is 2.28. The third-order valence-corrected chi connectivity index (χ3v) is 2.51. The number of aryl methyl sites for hydroxylation is 1. The Morgan fingerprint density at radius 3 is 2.71 bits per heavy atom. The van der Waals surface area contributed by atoms with Gasteiger partial charge < -0.3 is 10.5 Å². The topological polar surface area (TPSA) is 84.1 Å². The molecule has 2 rings (SSSR count). The summed E-state index contributed by atoms with van der Waals surface area (Å²) in [4.78, 5) is 8.48. The van der Waals surface area contributed by atoms with Crippen molar-refractivity contribution in [2.24, 2.45) is 5.84 Å². The lowest BCUT2D eigenvalue weighted by Gasteiger charge is -2.06. The van der Waals surface area contributed by atoms with Crippen molar-refractivity contribution in [3.8, 4) is 17.1 Å². The number of aromatic nitrogens is 2. The van der Waals surface area contributed by atoms with Crippen molar-refractivity contribution in [2.75, 3.05) is 5.43 Å². The zero-order chi connectivity index (χ0) is 12.4. The van der Waals surface area contributed by atoms with E-state index in [1.54, 1.807) is 18.2 Å². The van der Waals surface area contributed by atoms with Crippen molar-refractivity contribution in [2.45, 2.75) is 6.92 Å². The second-order valence-electron chi connectivity index (χ2n) is 3.53. The molecule has 0 amide bonds. The Morgan fingerprint density at radius 2 is 2.06 bits per heavy atom. The van der Waals surface area contributed by atoms with Crippen LogP contribution in [-0.4, -0.2) is 15.1 Å². The summed E-state index contributed by atoms with van der Waals surface area (Å²) in [6.07, 6.45) is 0. The monoisotopic (exact) mass is 250 g/mol. The molecule has 17 heavy (non-hydrogen) atoms. The highest BCUT2D eigenvalue weighted by atomic mass is 35.5. The van der Waals surface area contributed by atoms with Crippen LogP contribution >= 0.6 is 11.6 Å². The Labute approximate surface area is 103 Å². The molecule has 1 aromatic heterocycles. The van der Waals surface area contributed by atoms with Crippen LogP contribution in [0.3, 0.4) is 0 Å². The standard InChI is InChI=1S/C11H11ClN4O/c1-6-4-10(16-13)15-11(14-6)7-2-3-9(17)8(12)5-7/h2-5,17H,13H2,1H3,(H,14,15,16). The number of rotatable bonds is 2. The van der Waals surface area contributed by atoms with Gasteiger partial charge in [-0.2, -0.15) is 0 Å². The van der Waals surface area contributed by atoms with Gasteiger partial charge in [-0.25, -0.2) is 15.8 Å². The lowest BCUT2D eigenvalue weighted by molar-refractivity contribution is 0.475. The van der Waals surface area contributed by atoms with E-state index in [1.807, 2.05) is 6.92 Å². The number of nitrogens with two attached hydrogens (primary N) is 1. The van der Waals surface area contributed by atoms with E-state index >= 15 is 0 Å². The number of nitrogen functional groups attached to an aromatic ring is 1. The van der Waals surface area contributed by atoms with Gasteiger partial charge in [-0.05, 0) is 25.1 Å². The van der Waals surface area contributed by atoms with Crippen molar-refractivity contribution in [1.29, 1.82) is 0 Å². The Morgan fingerprint density at radius 1 is 1.29 bits per heavy atom. The molecule has 2 aromatic rings. The van der Waals surface area contributed by atoms with Crippen LogP contribution in [0.1, 0.15) is 5.69 Å². The molecule has 88 valence electrons. The third-order valence-electron chi connectivity index (χ3n) is 2.21. The van der Waals surface area contributed by atoms with E-state index in [0.29, 0.717) is 17.2 Å². The summed E-state index contributed by atoms with van der Waals surface area (Å²) in [5, 5.41) is 9.60. The maximum atomic E-state index is 9.34. The molecule has 0 aliphatic carbocycles. The van der Waals surface area contributed by atoms with Crippen LogP contribution in [0.15, 0.2) is 24.3 Å². The largest absolute Gasteiger partial charge is 0.506 e. The Hall–Kier alpha value is -1.85. The fourth-order valence-electron chi connectivity index (χ4n) is 1.42. The molecule has 0 aliphatic heterocycles. The number of hydrogen-bond donors (Lipinski definition) is 3. The van der Waals surface area contributed by atoms with Gasteiger partial charge in [0.25, 0.3) is 0 Å². The van der Waals surface area contributed by atoms with Crippen LogP contribution in [0, 0.1) is 6.92 Å². The molecule has 4 N–H and O–H groups in total. The lowest BCUT2D eigenvalue weighted by Crippen LogP contribution is -2.09. The number of phenols is 1. The van der Waals surface area contributed by atoms with Gasteiger partial charge in [-0.1, -0.05) is 11.6 Å². The number of nitrogens with one attached hydrogen (secondary N) is 1. The predicted molar refractivity (Wildman–Crippen MR) is 66.7 cm³/mol. The molecule has 1 heterocycles. The zero-order valence-corrected chi connectivity index (χ0v) is 9.86. The second-order valence-corrected chi connectivity index (χ2v) is 3.94. The minimum Gasteiger partial charge on any atom is -0.506 e. The number of nitrogens with zero attached hydrogens (tertiary/aromatic N) is 2. The fourth-order valence-corrected chi connectivity index (χ4v) is 1.60. The second kappa shape index (κ2) is 4.57. The quantitative estimate of drug-likeness (QED) is 0.562. The van der Waals surface area contributed by atoms with E-state index in [9.17, 15) is 5.11 Å². The molecule has 0 saturated carbocycles. The number of hydrazine groups is 1. The summed E-state index contributed by atoms with van der Waals surface area (Å²) in [6, 6.07) is 6.52. The minimum absolute atomic E-state index is 0.0280. The number of phenolic OH excluding ortho intramolecular Hbond substituents is 1. The summed E-state index contributed by atoms with van der Waals surface area (Å²) in [5.41, 5.74) is 3.97. The number of benzene rings is 1. The molecule has 0 atom stereocenters. The zero-order valence-electron chi connectivity index (χ0n) is 9.11. The molecule has 5 nitrogen and oxygen atoms in total. The predicted octanol–water partition coefficient (Wildman–Crippen LogP) is 2.10. The smallest absolute Gasteiger partial charge is 0.161 e. The maximum absolute atomic E-state index is 9.34. The molecule has 0 radical (unpaired) electrons. The van der Waals surface area contributed by atoms with E-state index in [2.05, 4.69) is 15.4 Å². The van der Waals surface area contributed by atoms with Crippen LogP contribution in [0.2, 0.25) is 5.02 Å². The fraction of sp³-hybridized carbons (Fsp3) is 0.0909. The van der Waals surface area contributed by atoms with Crippen molar-refractivity contribution in [3.05, 3.63) is 35.0 Å². The molecule has 1 aromatic carbocycles. The van der Waals surface area contributed by atoms with Crippen molar-refractivity contribution < 1.29 is 5.11 Å². The SMILES string of the molecule is Cc1cc(NN)nc(-c2ccc(O)c(Cl)c2)n1. The summed E-state index contributed by atoms with van der Waals surface area (Å²) < 4.78 is 0. The van der Waals surface area contributed by atoms with Crippen molar-refractivity contribution >= 4 is 17.4 Å². The van der Waals surface area contributed by atoms with Gasteiger partial charge in [0.2, 0.25) is 0 Å². The number of halogens is 1. The minimum atomic E-state index is 0.0280. The Balaban J connectivity index is 2.52. The molecular formula is C11H11ClN4O. The van der Waals surface area contributed by atoms with Crippen LogP contribution in [0.25, 0.3) is 11.4 Å². The first-order valence-electron chi connectivity index (χ1n) is 4.91. The van der Waals surface area contributed by atoms with Crippen LogP contribution in [0.5, 0.6) is 5.75 Å². The van der Waals surface area contributed by atoms with Gasteiger partial charge in [0.05, 0.1) is 5.02 Å². The molecule has 0 fully saturated rings. The summed E-state index contributed by atoms with van der Waals surface area (Å²) >= 11 is 5.83. The third kappa shape index (κ3) is 2.46. The van der Waals surface area contributed by atoms with Gasteiger partial charge in [0.15, 0.2) is 5.82 Å². The van der Waals surface area contributed by atoms with Gasteiger partial charge in [-0.15, -0.1) is 0 Å². The van der Waals surface area contributed by atoms with Crippen LogP contribution in [-0.2, 0) is 0 Å². The summed E-state index contributed by atoms with van der Waals surface area (Å²) in [5.74, 6) is 6.37. The first-order valence-corrected chi connectivity index (χ1v) is 5.29. The molecule has 0 bridgehead atoms. The average Bonchev–Trinajstić information content (AvgIpc) is 2.32. The number of anilines is 1. The van der Waals surface area contributed by atoms with E-state index in [4.69, 9.17) is 17.4 Å². The van der Waals surface area contributed by atoms with E-state index in [0.717, 1.165) is 5.69 Å². The molecule has 0 aliphatic rings. The molecule has 0 unspecified atom stereocenters. The molecule has 6 heteroatoms. The molecular weight excluding hydrogens is 240 g/mol. The van der Waals surface area contributed by atoms with Crippen molar-refractivity contribution in [1.82, 2.24) is 9.97 Å².